The lowest BCUT2D eigenvalue weighted by Crippen LogP contribution is -2.10. The van der Waals surface area contributed by atoms with Gasteiger partial charge < -0.3 is 18.9 Å². The fourth-order valence-corrected chi connectivity index (χ4v) is 2.23. The average molecular weight is 311 g/mol. The van der Waals surface area contributed by atoms with E-state index >= 15 is 0 Å². The molecule has 0 atom stereocenters. The van der Waals surface area contributed by atoms with Gasteiger partial charge in [0.05, 0.1) is 13.7 Å². The van der Waals surface area contributed by atoms with E-state index in [1.165, 1.54) is 0 Å². The molecule has 2 aromatic rings. The van der Waals surface area contributed by atoms with Crippen molar-refractivity contribution in [3.05, 3.63) is 42.0 Å². The highest BCUT2D eigenvalue weighted by molar-refractivity contribution is 6.48. The van der Waals surface area contributed by atoms with Gasteiger partial charge in [0.25, 0.3) is 0 Å². The summed E-state index contributed by atoms with van der Waals surface area (Å²) in [5.41, 5.74) is 2.14. The average Bonchev–Trinajstić information content (AvgIpc) is 3.03. The number of hydrogen-bond donors (Lipinski definition) is 0. The van der Waals surface area contributed by atoms with E-state index in [1.807, 2.05) is 18.2 Å². The van der Waals surface area contributed by atoms with Gasteiger partial charge in [-0.15, -0.1) is 0 Å². The molecule has 0 bridgehead atoms. The Bertz CT molecular complexity index is 729. The van der Waals surface area contributed by atoms with Crippen molar-refractivity contribution in [1.82, 2.24) is 0 Å². The van der Waals surface area contributed by atoms with Crippen LogP contribution in [0.15, 0.2) is 36.4 Å². The molecule has 1 radical (unpaired) electrons. The molecule has 6 heteroatoms. The van der Waals surface area contributed by atoms with Crippen molar-refractivity contribution in [1.29, 1.82) is 0 Å². The van der Waals surface area contributed by atoms with Crippen LogP contribution >= 0.6 is 0 Å². The van der Waals surface area contributed by atoms with Gasteiger partial charge in [0.1, 0.15) is 11.5 Å². The molecule has 0 amide bonds. The van der Waals surface area contributed by atoms with Gasteiger partial charge >= 0.3 is 13.5 Å². The lowest BCUT2D eigenvalue weighted by molar-refractivity contribution is -0.134. The number of fused-ring (bicyclic) bond motifs is 1. The molecule has 0 spiro atoms. The number of hydrogen-bond acceptors (Lipinski definition) is 5. The van der Waals surface area contributed by atoms with Crippen LogP contribution in [0.2, 0.25) is 0 Å². The minimum atomic E-state index is -0.296. The molecule has 1 heterocycles. The van der Waals surface area contributed by atoms with Crippen LogP contribution in [0.3, 0.4) is 0 Å². The molecule has 3 rings (SSSR count). The van der Waals surface area contributed by atoms with E-state index in [-0.39, 0.29) is 5.97 Å². The fraction of sp³-hybridized carbons (Fsp3) is 0.235. The van der Waals surface area contributed by atoms with Crippen LogP contribution in [0.25, 0.3) is 0 Å². The molecule has 1 aliphatic heterocycles. The summed E-state index contributed by atoms with van der Waals surface area (Å²) in [4.78, 5) is 11.4. The maximum absolute atomic E-state index is 11.4. The first kappa shape index (κ1) is 15.4. The van der Waals surface area contributed by atoms with Crippen molar-refractivity contribution in [3.63, 3.8) is 0 Å². The van der Waals surface area contributed by atoms with E-state index < -0.39 is 0 Å². The molecule has 117 valence electrons. The highest BCUT2D eigenvalue weighted by atomic mass is 16.5. The van der Waals surface area contributed by atoms with Gasteiger partial charge in [-0.1, -0.05) is 13.0 Å². The van der Waals surface area contributed by atoms with Gasteiger partial charge in [-0.3, -0.25) is 4.79 Å². The van der Waals surface area contributed by atoms with Crippen LogP contribution in [0.5, 0.6) is 23.0 Å². The molecule has 23 heavy (non-hydrogen) atoms. The van der Waals surface area contributed by atoms with Crippen molar-refractivity contribution in [3.8, 4) is 23.0 Å². The van der Waals surface area contributed by atoms with Gasteiger partial charge in [-0.2, -0.15) is 0 Å². The lowest BCUT2D eigenvalue weighted by atomic mass is 9.87. The summed E-state index contributed by atoms with van der Waals surface area (Å²) in [6.07, 6.45) is 0.314. The zero-order valence-corrected chi connectivity index (χ0v) is 13.0. The van der Waals surface area contributed by atoms with Crippen LogP contribution in [-0.4, -0.2) is 20.6 Å². The Labute approximate surface area is 135 Å². The quantitative estimate of drug-likeness (QED) is 0.482. The van der Waals surface area contributed by atoms with Crippen LogP contribution in [0, 0.1) is 0 Å². The molecule has 0 saturated heterocycles. The second kappa shape index (κ2) is 6.75. The van der Waals surface area contributed by atoms with E-state index in [1.54, 1.807) is 39.7 Å². The van der Waals surface area contributed by atoms with Gasteiger partial charge in [0.2, 0.25) is 0 Å². The predicted octanol–water partition coefficient (Wildman–Crippen LogP) is 2.58. The van der Waals surface area contributed by atoms with Gasteiger partial charge in [-0.05, 0) is 35.3 Å². The Hall–Kier alpha value is -2.47. The van der Waals surface area contributed by atoms with Crippen molar-refractivity contribution < 1.29 is 23.7 Å². The first-order chi connectivity index (χ1) is 11.2. The molecule has 0 saturated carbocycles. The van der Waals surface area contributed by atoms with Crippen LogP contribution in [0.1, 0.15) is 18.9 Å². The molecule has 0 aliphatic carbocycles. The molecule has 2 aromatic carbocycles. The van der Waals surface area contributed by atoms with E-state index in [0.29, 0.717) is 36.0 Å². The summed E-state index contributed by atoms with van der Waals surface area (Å²) >= 11 is 0. The first-order valence-electron chi connectivity index (χ1n) is 7.34. The van der Waals surface area contributed by atoms with E-state index in [2.05, 4.69) is 0 Å². The Morgan fingerprint density at radius 1 is 1.17 bits per heavy atom. The Balaban J connectivity index is 1.80. The summed E-state index contributed by atoms with van der Waals surface area (Å²) in [7, 11) is 3.27. The van der Waals surface area contributed by atoms with Gasteiger partial charge in [0, 0.05) is 12.5 Å². The first-order valence-corrected chi connectivity index (χ1v) is 7.34. The second-order valence-electron chi connectivity index (χ2n) is 5.03. The zero-order chi connectivity index (χ0) is 16.2. The highest BCUT2D eigenvalue weighted by Crippen LogP contribution is 2.35. The Morgan fingerprint density at radius 3 is 2.78 bits per heavy atom. The van der Waals surface area contributed by atoms with E-state index in [4.69, 9.17) is 18.9 Å². The van der Waals surface area contributed by atoms with Crippen LogP contribution in [0.4, 0.5) is 0 Å². The van der Waals surface area contributed by atoms with Crippen molar-refractivity contribution >= 4 is 18.9 Å². The molecule has 0 aromatic heterocycles. The molecule has 1 aliphatic rings. The fourth-order valence-electron chi connectivity index (χ4n) is 2.23. The van der Waals surface area contributed by atoms with Crippen molar-refractivity contribution in [2.75, 3.05) is 7.11 Å². The van der Waals surface area contributed by atoms with Gasteiger partial charge in [0.15, 0.2) is 11.5 Å². The summed E-state index contributed by atoms with van der Waals surface area (Å²) in [5, 5.41) is 0. The summed E-state index contributed by atoms with van der Waals surface area (Å²) in [6, 6.07) is 10.8. The molecule has 0 N–H and O–H groups in total. The largest absolute Gasteiger partial charge is 0.493 e. The van der Waals surface area contributed by atoms with E-state index in [0.717, 1.165) is 11.0 Å². The molecular formula is C17H16BO5. The van der Waals surface area contributed by atoms with Crippen LogP contribution < -0.4 is 19.7 Å². The Kier molecular flexibility index (Phi) is 4.53. The lowest BCUT2D eigenvalue weighted by Gasteiger charge is -2.12. The Morgan fingerprint density at radius 2 is 2.00 bits per heavy atom. The topological polar surface area (TPSA) is 54.0 Å². The summed E-state index contributed by atoms with van der Waals surface area (Å²) < 4.78 is 21.6. The number of carbonyl (C=O) groups excluding carboxylic acids is 1. The standard InChI is InChI=1S/C17H16BO5/c1-3-17(19)23-13-5-7-15(16(9-13)20-2)22-12-4-6-14-11(8-12)10-21-18-14/h4-9H,3,10H2,1-2H3. The number of carbonyl (C=O) groups is 1. The highest BCUT2D eigenvalue weighted by Gasteiger charge is 2.15. The maximum Gasteiger partial charge on any atom is 0.330 e. The van der Waals surface area contributed by atoms with Crippen LogP contribution in [-0.2, 0) is 16.1 Å². The molecule has 0 fully saturated rings. The third-order valence-corrected chi connectivity index (χ3v) is 3.45. The molecule has 5 nitrogen and oxygen atoms in total. The third kappa shape index (κ3) is 3.48. The number of benzene rings is 2. The number of ether oxygens (including phenoxy) is 3. The zero-order valence-electron chi connectivity index (χ0n) is 13.0. The second-order valence-corrected chi connectivity index (χ2v) is 5.03. The third-order valence-electron chi connectivity index (χ3n) is 3.45. The smallest absolute Gasteiger partial charge is 0.330 e. The summed E-state index contributed by atoms with van der Waals surface area (Å²) in [5.74, 6) is 1.87. The minimum Gasteiger partial charge on any atom is -0.493 e. The SMILES string of the molecule is CCC(=O)Oc1ccc(Oc2ccc3c(c2)CO[B]3)c(OC)c1. The normalized spacial score (nSPS) is 12.3. The monoisotopic (exact) mass is 311 g/mol. The number of methoxy groups -OCH3 is 1. The molecule has 0 unspecified atom stereocenters. The molecular weight excluding hydrogens is 295 g/mol. The number of rotatable bonds is 5. The van der Waals surface area contributed by atoms with Gasteiger partial charge in [-0.25, -0.2) is 0 Å². The summed E-state index contributed by atoms with van der Waals surface area (Å²) in [6.45, 7) is 2.29. The predicted molar refractivity (Wildman–Crippen MR) is 85.6 cm³/mol. The van der Waals surface area contributed by atoms with Crippen molar-refractivity contribution in [2.24, 2.45) is 0 Å². The number of esters is 1. The van der Waals surface area contributed by atoms with E-state index in [9.17, 15) is 4.79 Å². The minimum absolute atomic E-state index is 0.296. The van der Waals surface area contributed by atoms with Crippen molar-refractivity contribution in [2.45, 2.75) is 20.0 Å². The maximum atomic E-state index is 11.4.